The first-order valence-corrected chi connectivity index (χ1v) is 6.42. The Hall–Kier alpha value is -1.28. The molecule has 0 aliphatic carbocycles. The van der Waals surface area contributed by atoms with Crippen LogP contribution >= 0.6 is 11.6 Å². The molecule has 0 radical (unpaired) electrons. The number of benzene rings is 1. The second-order valence-electron chi connectivity index (χ2n) is 5.50. The van der Waals surface area contributed by atoms with Crippen molar-refractivity contribution in [2.45, 2.75) is 32.9 Å². The molecule has 18 heavy (non-hydrogen) atoms. The summed E-state index contributed by atoms with van der Waals surface area (Å²) in [7, 11) is 0. The normalized spacial score (nSPS) is 23.4. The molecule has 1 aliphatic rings. The molecule has 0 unspecified atom stereocenters. The van der Waals surface area contributed by atoms with Crippen LogP contribution in [-0.2, 0) is 4.74 Å². The zero-order valence-corrected chi connectivity index (χ0v) is 11.7. The standard InChI is InChI=1S/C15H18ClNO/c1-5-12-13(10-6-8-11(16)9-7-10)18-14(17-12)15(2,3)4/h5-9,12-13H,1H2,2-4H3/t12-,13-/m0/s1. The summed E-state index contributed by atoms with van der Waals surface area (Å²) in [5.74, 6) is 0.785. The van der Waals surface area contributed by atoms with Gasteiger partial charge in [-0.25, -0.2) is 4.99 Å². The molecule has 2 atom stereocenters. The van der Waals surface area contributed by atoms with Crippen LogP contribution in [-0.4, -0.2) is 11.9 Å². The number of rotatable bonds is 2. The summed E-state index contributed by atoms with van der Waals surface area (Å²) in [4.78, 5) is 4.60. The van der Waals surface area contributed by atoms with E-state index >= 15 is 0 Å². The van der Waals surface area contributed by atoms with Crippen LogP contribution < -0.4 is 0 Å². The molecule has 0 fully saturated rings. The van der Waals surface area contributed by atoms with Gasteiger partial charge in [0.15, 0.2) is 12.0 Å². The smallest absolute Gasteiger partial charge is 0.190 e. The summed E-state index contributed by atoms with van der Waals surface area (Å²) in [5.41, 5.74) is 0.995. The van der Waals surface area contributed by atoms with Crippen LogP contribution in [0.25, 0.3) is 0 Å². The monoisotopic (exact) mass is 263 g/mol. The van der Waals surface area contributed by atoms with E-state index in [1.54, 1.807) is 0 Å². The van der Waals surface area contributed by atoms with Crippen molar-refractivity contribution < 1.29 is 4.74 Å². The van der Waals surface area contributed by atoms with Gasteiger partial charge in [-0.3, -0.25) is 0 Å². The lowest BCUT2D eigenvalue weighted by Gasteiger charge is -2.21. The van der Waals surface area contributed by atoms with Gasteiger partial charge in [0.05, 0.1) is 0 Å². The highest BCUT2D eigenvalue weighted by molar-refractivity contribution is 6.30. The predicted molar refractivity (Wildman–Crippen MR) is 76.2 cm³/mol. The van der Waals surface area contributed by atoms with Gasteiger partial charge < -0.3 is 4.74 Å². The molecule has 96 valence electrons. The van der Waals surface area contributed by atoms with Crippen molar-refractivity contribution in [1.82, 2.24) is 0 Å². The Morgan fingerprint density at radius 3 is 2.39 bits per heavy atom. The summed E-state index contributed by atoms with van der Waals surface area (Å²) in [6.07, 6.45) is 1.74. The second-order valence-corrected chi connectivity index (χ2v) is 5.94. The minimum Gasteiger partial charge on any atom is -0.470 e. The first kappa shape index (κ1) is 13.2. The average molecular weight is 264 g/mol. The van der Waals surface area contributed by atoms with Crippen molar-refractivity contribution in [2.75, 3.05) is 0 Å². The van der Waals surface area contributed by atoms with E-state index in [0.717, 1.165) is 16.5 Å². The minimum absolute atomic E-state index is 0.0274. The maximum Gasteiger partial charge on any atom is 0.190 e. The van der Waals surface area contributed by atoms with Crippen molar-refractivity contribution in [3.8, 4) is 0 Å². The second kappa shape index (κ2) is 4.77. The summed E-state index contributed by atoms with van der Waals surface area (Å²) in [6, 6.07) is 7.67. The average Bonchev–Trinajstić information content (AvgIpc) is 2.73. The van der Waals surface area contributed by atoms with Crippen LogP contribution in [0.3, 0.4) is 0 Å². The molecular formula is C15H18ClNO. The highest BCUT2D eigenvalue weighted by Crippen LogP contribution is 2.35. The molecule has 2 rings (SSSR count). The fourth-order valence-electron chi connectivity index (χ4n) is 1.89. The van der Waals surface area contributed by atoms with Crippen molar-refractivity contribution in [3.63, 3.8) is 0 Å². The molecule has 2 nitrogen and oxygen atoms in total. The third kappa shape index (κ3) is 2.59. The molecular weight excluding hydrogens is 246 g/mol. The quantitative estimate of drug-likeness (QED) is 0.724. The summed E-state index contributed by atoms with van der Waals surface area (Å²) in [5, 5.41) is 0.726. The summed E-state index contributed by atoms with van der Waals surface area (Å²) >= 11 is 5.90. The van der Waals surface area contributed by atoms with Crippen molar-refractivity contribution in [1.29, 1.82) is 0 Å². The Bertz CT molecular complexity index is 470. The SMILES string of the molecule is C=C[C@@H]1N=C(C(C)(C)C)O[C@H]1c1ccc(Cl)cc1. The Morgan fingerprint density at radius 2 is 1.89 bits per heavy atom. The van der Waals surface area contributed by atoms with E-state index < -0.39 is 0 Å². The molecule has 0 spiro atoms. The van der Waals surface area contributed by atoms with Gasteiger partial charge >= 0.3 is 0 Å². The number of halogens is 1. The van der Waals surface area contributed by atoms with Gasteiger partial charge in [-0.2, -0.15) is 0 Å². The van der Waals surface area contributed by atoms with E-state index in [1.165, 1.54) is 0 Å². The Balaban J connectivity index is 2.26. The molecule has 1 aliphatic heterocycles. The highest BCUT2D eigenvalue weighted by Gasteiger charge is 2.35. The summed E-state index contributed by atoms with van der Waals surface area (Å²) < 4.78 is 5.99. The van der Waals surface area contributed by atoms with Gasteiger partial charge in [0, 0.05) is 10.4 Å². The van der Waals surface area contributed by atoms with E-state index in [-0.39, 0.29) is 17.6 Å². The topological polar surface area (TPSA) is 21.6 Å². The van der Waals surface area contributed by atoms with Gasteiger partial charge in [-0.1, -0.05) is 50.6 Å². The van der Waals surface area contributed by atoms with Gasteiger partial charge in [0.1, 0.15) is 6.04 Å². The van der Waals surface area contributed by atoms with E-state index in [9.17, 15) is 0 Å². The maximum atomic E-state index is 5.99. The van der Waals surface area contributed by atoms with Crippen molar-refractivity contribution in [2.24, 2.45) is 10.4 Å². The molecule has 0 saturated heterocycles. The van der Waals surface area contributed by atoms with Crippen molar-refractivity contribution >= 4 is 17.5 Å². The largest absolute Gasteiger partial charge is 0.470 e. The fraction of sp³-hybridized carbons (Fsp3) is 0.400. The van der Waals surface area contributed by atoms with Gasteiger partial charge in [-0.15, -0.1) is 6.58 Å². The van der Waals surface area contributed by atoms with E-state index in [2.05, 4.69) is 32.3 Å². The van der Waals surface area contributed by atoms with E-state index in [1.807, 2.05) is 30.3 Å². The molecule has 1 aromatic carbocycles. The number of nitrogens with zero attached hydrogens (tertiary/aromatic N) is 1. The van der Waals surface area contributed by atoms with Crippen LogP contribution in [0, 0.1) is 5.41 Å². The predicted octanol–water partition coefficient (Wildman–Crippen LogP) is 4.41. The molecule has 0 amide bonds. The lowest BCUT2D eigenvalue weighted by atomic mass is 9.97. The molecule has 0 N–H and O–H groups in total. The van der Waals surface area contributed by atoms with Crippen LogP contribution in [0.15, 0.2) is 41.9 Å². The highest BCUT2D eigenvalue weighted by atomic mass is 35.5. The Kier molecular flexibility index (Phi) is 3.49. The number of hydrogen-bond donors (Lipinski definition) is 0. The van der Waals surface area contributed by atoms with Crippen LogP contribution in [0.2, 0.25) is 5.02 Å². The Morgan fingerprint density at radius 1 is 1.28 bits per heavy atom. The molecule has 0 bridgehead atoms. The zero-order chi connectivity index (χ0) is 13.3. The lowest BCUT2D eigenvalue weighted by molar-refractivity contribution is 0.188. The fourth-order valence-corrected chi connectivity index (χ4v) is 2.01. The van der Waals surface area contributed by atoms with Crippen molar-refractivity contribution in [3.05, 3.63) is 47.5 Å². The Labute approximate surface area is 113 Å². The van der Waals surface area contributed by atoms with Crippen LogP contribution in [0.1, 0.15) is 32.4 Å². The first-order valence-electron chi connectivity index (χ1n) is 6.05. The van der Waals surface area contributed by atoms with Crippen LogP contribution in [0.4, 0.5) is 0 Å². The maximum absolute atomic E-state index is 5.99. The lowest BCUT2D eigenvalue weighted by Crippen LogP contribution is -2.21. The molecule has 1 aromatic rings. The van der Waals surface area contributed by atoms with Crippen LogP contribution in [0.5, 0.6) is 0 Å². The third-order valence-electron chi connectivity index (χ3n) is 2.90. The molecule has 0 aromatic heterocycles. The van der Waals surface area contributed by atoms with Gasteiger partial charge in [0.2, 0.25) is 0 Å². The first-order chi connectivity index (χ1) is 8.41. The van der Waals surface area contributed by atoms with Gasteiger partial charge in [-0.05, 0) is 17.7 Å². The molecule has 0 saturated carbocycles. The minimum atomic E-state index is -0.0889. The van der Waals surface area contributed by atoms with E-state index in [4.69, 9.17) is 16.3 Å². The third-order valence-corrected chi connectivity index (χ3v) is 3.15. The molecule has 3 heteroatoms. The summed E-state index contributed by atoms with van der Waals surface area (Å²) in [6.45, 7) is 10.1. The number of aliphatic imine (C=N–C) groups is 1. The molecule has 1 heterocycles. The zero-order valence-electron chi connectivity index (χ0n) is 11.0. The number of hydrogen-bond acceptors (Lipinski definition) is 2. The number of ether oxygens (including phenoxy) is 1. The van der Waals surface area contributed by atoms with Gasteiger partial charge in [0.25, 0.3) is 0 Å². The van der Waals surface area contributed by atoms with E-state index in [0.29, 0.717) is 0 Å².